The molecule has 45 heavy (non-hydrogen) atoms. The lowest BCUT2D eigenvalue weighted by molar-refractivity contribution is -0.124. The van der Waals surface area contributed by atoms with Crippen LogP contribution >= 0.6 is 0 Å². The molecule has 9 nitrogen and oxygen atoms in total. The van der Waals surface area contributed by atoms with Gasteiger partial charge in [-0.05, 0) is 30.9 Å². The first kappa shape index (κ1) is 29.5. The molecule has 5 aromatic rings. The number of amides is 1. The highest BCUT2D eigenvalue weighted by molar-refractivity contribution is 6.02. The molecule has 0 N–H and O–H groups in total. The normalized spacial score (nSPS) is 14.8. The highest BCUT2D eigenvalue weighted by Crippen LogP contribution is 2.37. The standard InChI is InChI=1S/C33H26F3N7O2/c1-5-21-24(34)10-9-19-7-6-8-22(28(19)21)30-29(36)31-23(15-38-30)32(41-33(40-31)45-4)42(3)20-13-14-43(17-20)27(44)12-11-26-25(35)16-37-18(2)39-26/h1,6-12,15-16,20H,13-14,17H2,2-4H3/b12-11+. The van der Waals surface area contributed by atoms with Crippen LogP contribution in [-0.2, 0) is 4.79 Å². The molecule has 4 heterocycles. The molecule has 0 saturated carbocycles. The van der Waals surface area contributed by atoms with E-state index >= 15 is 4.39 Å². The maximum Gasteiger partial charge on any atom is 0.318 e. The summed E-state index contributed by atoms with van der Waals surface area (Å²) in [7, 11) is 3.16. The number of rotatable bonds is 6. The first-order valence-corrected chi connectivity index (χ1v) is 14.0. The summed E-state index contributed by atoms with van der Waals surface area (Å²) in [6, 6.07) is 7.70. The summed E-state index contributed by atoms with van der Waals surface area (Å²) in [5.74, 6) is 0.856. The number of carbonyl (C=O) groups excluding carboxylic acids is 1. The van der Waals surface area contributed by atoms with Crippen molar-refractivity contribution in [3.8, 4) is 29.6 Å². The number of likely N-dealkylation sites (N-methyl/N-ethyl adjacent to an activating group) is 1. The minimum absolute atomic E-state index is 0.0116. The van der Waals surface area contributed by atoms with Crippen LogP contribution in [0.15, 0.2) is 48.8 Å². The smallest absolute Gasteiger partial charge is 0.318 e. The number of halogens is 3. The van der Waals surface area contributed by atoms with Crippen molar-refractivity contribution in [1.82, 2.24) is 29.8 Å². The van der Waals surface area contributed by atoms with Gasteiger partial charge in [0.15, 0.2) is 11.6 Å². The molecule has 1 aliphatic rings. The molecule has 0 radical (unpaired) electrons. The Balaban J connectivity index is 1.33. The van der Waals surface area contributed by atoms with Gasteiger partial charge in [0.2, 0.25) is 5.91 Å². The lowest BCUT2D eigenvalue weighted by Gasteiger charge is -2.27. The average molecular weight is 610 g/mol. The predicted molar refractivity (Wildman–Crippen MR) is 164 cm³/mol. The molecule has 12 heteroatoms. The van der Waals surface area contributed by atoms with Crippen LogP contribution in [0.4, 0.5) is 19.0 Å². The fourth-order valence-corrected chi connectivity index (χ4v) is 5.54. The summed E-state index contributed by atoms with van der Waals surface area (Å²) in [5.41, 5.74) is 0.269. The fourth-order valence-electron chi connectivity index (χ4n) is 5.54. The van der Waals surface area contributed by atoms with Crippen molar-refractivity contribution in [2.75, 3.05) is 32.1 Å². The van der Waals surface area contributed by atoms with E-state index in [1.54, 1.807) is 43.1 Å². The van der Waals surface area contributed by atoms with Gasteiger partial charge >= 0.3 is 6.01 Å². The number of aryl methyl sites for hydroxylation is 1. The second-order valence-corrected chi connectivity index (χ2v) is 10.5. The molecule has 1 aliphatic heterocycles. The largest absolute Gasteiger partial charge is 0.467 e. The van der Waals surface area contributed by atoms with Crippen LogP contribution in [-0.4, -0.2) is 69.0 Å². The van der Waals surface area contributed by atoms with Crippen LogP contribution in [0.3, 0.4) is 0 Å². The van der Waals surface area contributed by atoms with Crippen molar-refractivity contribution < 1.29 is 22.7 Å². The maximum absolute atomic E-state index is 16.3. The number of terminal acetylenes is 1. The molecule has 1 amide bonds. The molecule has 1 atom stereocenters. The summed E-state index contributed by atoms with van der Waals surface area (Å²) < 4.78 is 50.3. The molecule has 3 aromatic heterocycles. The van der Waals surface area contributed by atoms with Gasteiger partial charge in [-0.2, -0.15) is 9.97 Å². The molecule has 6 rings (SSSR count). The average Bonchev–Trinajstić information content (AvgIpc) is 3.55. The van der Waals surface area contributed by atoms with Crippen molar-refractivity contribution in [3.63, 3.8) is 0 Å². The number of pyridine rings is 1. The Morgan fingerprint density at radius 3 is 2.71 bits per heavy atom. The van der Waals surface area contributed by atoms with Gasteiger partial charge in [0.05, 0.1) is 24.3 Å². The zero-order chi connectivity index (χ0) is 31.8. The molecule has 0 spiro atoms. The topological polar surface area (TPSA) is 97.2 Å². The highest BCUT2D eigenvalue weighted by atomic mass is 19.1. The van der Waals surface area contributed by atoms with Gasteiger partial charge in [-0.15, -0.1) is 6.42 Å². The molecule has 0 bridgehead atoms. The van der Waals surface area contributed by atoms with Gasteiger partial charge in [-0.1, -0.05) is 30.2 Å². The van der Waals surface area contributed by atoms with E-state index in [2.05, 4.69) is 30.8 Å². The second kappa shape index (κ2) is 11.8. The van der Waals surface area contributed by atoms with E-state index in [1.807, 2.05) is 4.90 Å². The van der Waals surface area contributed by atoms with Gasteiger partial charge in [0.1, 0.15) is 34.4 Å². The summed E-state index contributed by atoms with van der Waals surface area (Å²) in [6.45, 7) is 2.41. The number of ether oxygens (including phenoxy) is 1. The third kappa shape index (κ3) is 5.37. The van der Waals surface area contributed by atoms with Gasteiger partial charge in [-0.3, -0.25) is 9.78 Å². The Hall–Kier alpha value is -5.57. The van der Waals surface area contributed by atoms with Gasteiger partial charge in [0, 0.05) is 49.4 Å². The van der Waals surface area contributed by atoms with E-state index in [0.29, 0.717) is 52.9 Å². The first-order valence-electron chi connectivity index (χ1n) is 14.0. The number of hydrogen-bond acceptors (Lipinski definition) is 8. The first-order chi connectivity index (χ1) is 21.7. The molecule has 2 aromatic carbocycles. The van der Waals surface area contributed by atoms with E-state index in [9.17, 15) is 13.6 Å². The Morgan fingerprint density at radius 1 is 1.11 bits per heavy atom. The lowest BCUT2D eigenvalue weighted by atomic mass is 9.96. The molecule has 226 valence electrons. The van der Waals surface area contributed by atoms with E-state index in [0.717, 1.165) is 6.20 Å². The van der Waals surface area contributed by atoms with Gasteiger partial charge in [-0.25, -0.2) is 23.1 Å². The van der Waals surface area contributed by atoms with Gasteiger partial charge in [0.25, 0.3) is 0 Å². The highest BCUT2D eigenvalue weighted by Gasteiger charge is 2.31. The SMILES string of the molecule is C#Cc1c(F)ccc2cccc(-c3ncc4c(N(C)C5CCN(C(=O)/C=C/c6nc(C)ncc6F)C5)nc(OC)nc4c3F)c12. The number of fused-ring (bicyclic) bond motifs is 2. The third-order valence-corrected chi connectivity index (χ3v) is 7.85. The fraction of sp³-hybridized carbons (Fsp3) is 0.212. The number of aromatic nitrogens is 5. The van der Waals surface area contributed by atoms with E-state index in [4.69, 9.17) is 11.2 Å². The lowest BCUT2D eigenvalue weighted by Crippen LogP contribution is -2.36. The number of benzene rings is 2. The maximum atomic E-state index is 16.3. The summed E-state index contributed by atoms with van der Waals surface area (Å²) >= 11 is 0. The number of nitrogens with zero attached hydrogens (tertiary/aromatic N) is 7. The Bertz CT molecular complexity index is 2060. The quantitative estimate of drug-likeness (QED) is 0.194. The minimum Gasteiger partial charge on any atom is -0.467 e. The molecular weight excluding hydrogens is 583 g/mol. The van der Waals surface area contributed by atoms with Crippen LogP contribution in [0.2, 0.25) is 0 Å². The number of methoxy groups -OCH3 is 1. The van der Waals surface area contributed by atoms with Crippen LogP contribution in [0.25, 0.3) is 39.0 Å². The van der Waals surface area contributed by atoms with Crippen LogP contribution in [0.5, 0.6) is 6.01 Å². The Morgan fingerprint density at radius 2 is 1.93 bits per heavy atom. The summed E-state index contributed by atoms with van der Waals surface area (Å²) in [4.78, 5) is 37.4. The Labute approximate surface area is 256 Å². The molecule has 0 aliphatic carbocycles. The number of likely N-dealkylation sites (tertiary alicyclic amines) is 1. The summed E-state index contributed by atoms with van der Waals surface area (Å²) in [5, 5.41) is 1.32. The van der Waals surface area contributed by atoms with Crippen LogP contribution < -0.4 is 9.64 Å². The summed E-state index contributed by atoms with van der Waals surface area (Å²) in [6.07, 6.45) is 11.4. The number of hydrogen-bond donors (Lipinski definition) is 0. The van der Waals surface area contributed by atoms with E-state index in [1.165, 1.54) is 31.5 Å². The zero-order valence-corrected chi connectivity index (χ0v) is 24.6. The van der Waals surface area contributed by atoms with E-state index < -0.39 is 17.5 Å². The van der Waals surface area contributed by atoms with Crippen molar-refractivity contribution in [2.45, 2.75) is 19.4 Å². The zero-order valence-electron chi connectivity index (χ0n) is 24.6. The number of carbonyl (C=O) groups is 1. The monoisotopic (exact) mass is 609 g/mol. The molecule has 1 saturated heterocycles. The van der Waals surface area contributed by atoms with E-state index in [-0.39, 0.29) is 40.4 Å². The van der Waals surface area contributed by atoms with Crippen molar-refractivity contribution in [1.29, 1.82) is 0 Å². The predicted octanol–water partition coefficient (Wildman–Crippen LogP) is 5.10. The Kier molecular flexibility index (Phi) is 7.76. The second-order valence-electron chi connectivity index (χ2n) is 10.5. The molecule has 1 fully saturated rings. The number of anilines is 1. The van der Waals surface area contributed by atoms with Crippen LogP contribution in [0, 0.1) is 36.7 Å². The molecule has 1 unspecified atom stereocenters. The molecular formula is C33H26F3N7O2. The van der Waals surface area contributed by atoms with Crippen molar-refractivity contribution in [3.05, 3.63) is 83.3 Å². The third-order valence-electron chi connectivity index (χ3n) is 7.85. The van der Waals surface area contributed by atoms with Crippen LogP contribution in [0.1, 0.15) is 23.5 Å². The van der Waals surface area contributed by atoms with Crippen molar-refractivity contribution >= 4 is 39.5 Å². The van der Waals surface area contributed by atoms with Crippen molar-refractivity contribution in [2.24, 2.45) is 0 Å². The minimum atomic E-state index is -0.747. The van der Waals surface area contributed by atoms with Gasteiger partial charge < -0.3 is 14.5 Å².